The number of carbonyl (C=O) groups is 1. The molecule has 1 saturated heterocycles. The zero-order valence-corrected chi connectivity index (χ0v) is 16.0. The highest BCUT2D eigenvalue weighted by atomic mass is 16.6. The number of nitro benzene ring substituents is 1. The van der Waals surface area contributed by atoms with E-state index in [4.69, 9.17) is 9.47 Å². The van der Waals surface area contributed by atoms with Gasteiger partial charge < -0.3 is 14.8 Å². The van der Waals surface area contributed by atoms with Gasteiger partial charge in [0.15, 0.2) is 0 Å². The van der Waals surface area contributed by atoms with Crippen molar-refractivity contribution in [3.63, 3.8) is 0 Å². The van der Waals surface area contributed by atoms with Gasteiger partial charge in [-0.1, -0.05) is 12.1 Å². The number of ether oxygens (including phenoxy) is 2. The van der Waals surface area contributed by atoms with E-state index in [0.29, 0.717) is 55.2 Å². The van der Waals surface area contributed by atoms with Crippen LogP contribution in [0.1, 0.15) is 30.9 Å². The first-order chi connectivity index (χ1) is 14.0. The Labute approximate surface area is 168 Å². The minimum Gasteiger partial charge on any atom is -0.492 e. The summed E-state index contributed by atoms with van der Waals surface area (Å²) in [6.07, 6.45) is 0.914. The molecule has 1 amide bonds. The van der Waals surface area contributed by atoms with Gasteiger partial charge in [0.25, 0.3) is 5.69 Å². The van der Waals surface area contributed by atoms with Gasteiger partial charge in [-0.05, 0) is 43.5 Å². The lowest BCUT2D eigenvalue weighted by atomic mass is 9.73. The summed E-state index contributed by atoms with van der Waals surface area (Å²) in [7, 11) is 0. The fourth-order valence-electron chi connectivity index (χ4n) is 3.50. The zero-order valence-electron chi connectivity index (χ0n) is 16.0. The lowest BCUT2D eigenvalue weighted by Crippen LogP contribution is -2.44. The van der Waals surface area contributed by atoms with E-state index in [1.165, 1.54) is 12.1 Å². The fourth-order valence-corrected chi connectivity index (χ4v) is 3.50. The number of rotatable bonds is 6. The Kier molecular flexibility index (Phi) is 6.10. The topological polar surface area (TPSA) is 114 Å². The predicted octanol–water partition coefficient (Wildman–Crippen LogP) is 3.55. The molecule has 0 atom stereocenters. The molecule has 0 saturated carbocycles. The highest BCUT2D eigenvalue weighted by Gasteiger charge is 2.42. The molecule has 2 aromatic carbocycles. The second-order valence-corrected chi connectivity index (χ2v) is 6.71. The first kappa shape index (κ1) is 20.3. The normalized spacial score (nSPS) is 15.2. The van der Waals surface area contributed by atoms with Crippen molar-refractivity contribution in [2.75, 3.05) is 25.1 Å². The van der Waals surface area contributed by atoms with E-state index in [2.05, 4.69) is 11.4 Å². The molecule has 1 fully saturated rings. The van der Waals surface area contributed by atoms with E-state index in [9.17, 15) is 20.2 Å². The Morgan fingerprint density at radius 2 is 1.97 bits per heavy atom. The number of nitrogens with zero attached hydrogens (tertiary/aromatic N) is 2. The van der Waals surface area contributed by atoms with Crippen molar-refractivity contribution in [1.29, 1.82) is 5.26 Å². The molecule has 150 valence electrons. The monoisotopic (exact) mass is 395 g/mol. The second-order valence-electron chi connectivity index (χ2n) is 6.71. The van der Waals surface area contributed by atoms with Gasteiger partial charge in [0.2, 0.25) is 5.91 Å². The average Bonchev–Trinajstić information content (AvgIpc) is 2.75. The van der Waals surface area contributed by atoms with Crippen LogP contribution in [0.3, 0.4) is 0 Å². The van der Waals surface area contributed by atoms with Crippen LogP contribution in [0.25, 0.3) is 0 Å². The fraction of sp³-hybridized carbons (Fsp3) is 0.333. The van der Waals surface area contributed by atoms with E-state index in [-0.39, 0.29) is 11.6 Å². The third-order valence-corrected chi connectivity index (χ3v) is 5.07. The van der Waals surface area contributed by atoms with Crippen LogP contribution < -0.4 is 10.1 Å². The average molecular weight is 395 g/mol. The summed E-state index contributed by atoms with van der Waals surface area (Å²) in [5.41, 5.74) is 0.638. The van der Waals surface area contributed by atoms with Gasteiger partial charge in [0.05, 0.1) is 22.5 Å². The maximum absolute atomic E-state index is 13.3. The minimum absolute atomic E-state index is 0.0263. The highest BCUT2D eigenvalue weighted by molar-refractivity contribution is 5.99. The van der Waals surface area contributed by atoms with Gasteiger partial charge in [0, 0.05) is 31.0 Å². The maximum Gasteiger partial charge on any atom is 0.269 e. The van der Waals surface area contributed by atoms with Gasteiger partial charge in [-0.15, -0.1) is 0 Å². The second kappa shape index (κ2) is 8.71. The van der Waals surface area contributed by atoms with Crippen molar-refractivity contribution in [3.05, 3.63) is 63.7 Å². The number of anilines is 1. The summed E-state index contributed by atoms with van der Waals surface area (Å²) in [5.74, 6) is 0.229. The summed E-state index contributed by atoms with van der Waals surface area (Å²) in [6.45, 7) is 3.09. The molecule has 1 heterocycles. The smallest absolute Gasteiger partial charge is 0.269 e. The van der Waals surface area contributed by atoms with Crippen molar-refractivity contribution in [2.24, 2.45) is 0 Å². The highest BCUT2D eigenvalue weighted by Crippen LogP contribution is 2.37. The van der Waals surface area contributed by atoms with Crippen LogP contribution in [0.5, 0.6) is 5.75 Å². The standard InChI is InChI=1S/C21H21N3O5/c1-2-29-19-8-5-17(13-15(19)14-22)23-20(25)21(9-11-28-12-10-21)16-3-6-18(7-4-16)24(26)27/h3-8,13H,2,9-12H2,1H3,(H,23,25). The van der Waals surface area contributed by atoms with Crippen LogP contribution in [0.2, 0.25) is 0 Å². The number of hydrogen-bond acceptors (Lipinski definition) is 6. The number of hydrogen-bond donors (Lipinski definition) is 1. The molecule has 0 aliphatic carbocycles. The maximum atomic E-state index is 13.3. The van der Waals surface area contributed by atoms with E-state index in [1.807, 2.05) is 6.92 Å². The van der Waals surface area contributed by atoms with Gasteiger partial charge in [-0.2, -0.15) is 5.26 Å². The molecule has 1 aliphatic heterocycles. The molecule has 1 aliphatic rings. The third-order valence-electron chi connectivity index (χ3n) is 5.07. The van der Waals surface area contributed by atoms with Crippen LogP contribution in [0.4, 0.5) is 11.4 Å². The lowest BCUT2D eigenvalue weighted by molar-refractivity contribution is -0.384. The van der Waals surface area contributed by atoms with Gasteiger partial charge in [-0.3, -0.25) is 14.9 Å². The van der Waals surface area contributed by atoms with Crippen molar-refractivity contribution in [3.8, 4) is 11.8 Å². The quantitative estimate of drug-likeness (QED) is 0.591. The Balaban J connectivity index is 1.90. The largest absolute Gasteiger partial charge is 0.492 e. The van der Waals surface area contributed by atoms with Crippen LogP contribution in [-0.4, -0.2) is 30.7 Å². The zero-order chi connectivity index (χ0) is 20.9. The minimum atomic E-state index is -0.862. The van der Waals surface area contributed by atoms with Crippen molar-refractivity contribution in [1.82, 2.24) is 0 Å². The molecule has 29 heavy (non-hydrogen) atoms. The van der Waals surface area contributed by atoms with Crippen molar-refractivity contribution < 1.29 is 19.2 Å². The number of nitrogens with one attached hydrogen (secondary N) is 1. The Bertz CT molecular complexity index is 944. The molecule has 1 N–H and O–H groups in total. The van der Waals surface area contributed by atoms with E-state index >= 15 is 0 Å². The molecular formula is C21H21N3O5. The first-order valence-corrected chi connectivity index (χ1v) is 9.31. The van der Waals surface area contributed by atoms with Crippen LogP contribution in [-0.2, 0) is 14.9 Å². The molecule has 8 nitrogen and oxygen atoms in total. The van der Waals surface area contributed by atoms with E-state index in [1.54, 1.807) is 30.3 Å². The molecule has 0 radical (unpaired) electrons. The molecule has 0 unspecified atom stereocenters. The molecule has 0 bridgehead atoms. The number of carbonyl (C=O) groups excluding carboxylic acids is 1. The third kappa shape index (κ3) is 4.20. The number of nitriles is 1. The van der Waals surface area contributed by atoms with E-state index in [0.717, 1.165) is 0 Å². The lowest BCUT2D eigenvalue weighted by Gasteiger charge is -2.36. The predicted molar refractivity (Wildman–Crippen MR) is 106 cm³/mol. The van der Waals surface area contributed by atoms with Crippen LogP contribution >= 0.6 is 0 Å². The number of amides is 1. The summed E-state index contributed by atoms with van der Waals surface area (Å²) < 4.78 is 10.9. The summed E-state index contributed by atoms with van der Waals surface area (Å²) in [6, 6.07) is 13.1. The van der Waals surface area contributed by atoms with E-state index < -0.39 is 10.3 Å². The van der Waals surface area contributed by atoms with Crippen LogP contribution in [0.15, 0.2) is 42.5 Å². The number of benzene rings is 2. The number of nitro groups is 1. The molecule has 3 rings (SSSR count). The van der Waals surface area contributed by atoms with Gasteiger partial charge in [-0.25, -0.2) is 0 Å². The Morgan fingerprint density at radius 3 is 2.55 bits per heavy atom. The molecule has 8 heteroatoms. The Hall–Kier alpha value is -3.44. The summed E-state index contributed by atoms with van der Waals surface area (Å²) in [4.78, 5) is 23.8. The summed E-state index contributed by atoms with van der Waals surface area (Å²) >= 11 is 0. The number of non-ortho nitro benzene ring substituents is 1. The van der Waals surface area contributed by atoms with Gasteiger partial charge in [0.1, 0.15) is 11.8 Å². The summed E-state index contributed by atoms with van der Waals surface area (Å²) in [5, 5.41) is 23.2. The first-order valence-electron chi connectivity index (χ1n) is 9.31. The van der Waals surface area contributed by atoms with Crippen molar-refractivity contribution >= 4 is 17.3 Å². The Morgan fingerprint density at radius 1 is 1.28 bits per heavy atom. The SMILES string of the molecule is CCOc1ccc(NC(=O)C2(c3ccc([N+](=O)[O-])cc3)CCOCC2)cc1C#N. The molecule has 2 aromatic rings. The molecule has 0 spiro atoms. The molecule has 0 aromatic heterocycles. The van der Waals surface area contributed by atoms with Crippen molar-refractivity contribution in [2.45, 2.75) is 25.2 Å². The van der Waals surface area contributed by atoms with Gasteiger partial charge >= 0.3 is 0 Å². The van der Waals surface area contributed by atoms with Crippen LogP contribution in [0, 0.1) is 21.4 Å². The molecular weight excluding hydrogens is 374 g/mol.